The number of methoxy groups -OCH3 is 1. The summed E-state index contributed by atoms with van der Waals surface area (Å²) in [7, 11) is 1.63. The van der Waals surface area contributed by atoms with Crippen LogP contribution in [-0.4, -0.2) is 18.6 Å². The molecule has 1 aromatic heterocycles. The van der Waals surface area contributed by atoms with Crippen molar-refractivity contribution >= 4 is 28.7 Å². The molecule has 0 saturated carbocycles. The number of hydrogen-bond acceptors (Lipinski definition) is 4. The molecule has 0 aliphatic rings. The first-order chi connectivity index (χ1) is 9.72. The van der Waals surface area contributed by atoms with Crippen molar-refractivity contribution in [2.75, 3.05) is 24.3 Å². The minimum absolute atomic E-state index is 0.654. The summed E-state index contributed by atoms with van der Waals surface area (Å²) in [6.07, 6.45) is 4.63. The van der Waals surface area contributed by atoms with Crippen molar-refractivity contribution in [1.82, 2.24) is 4.98 Å². The third-order valence-electron chi connectivity index (χ3n) is 2.76. The number of rotatable bonds is 6. The second kappa shape index (κ2) is 7.01. The second-order valence-corrected chi connectivity index (χ2v) is 4.80. The Hall–Kier alpha value is -1.94. The lowest BCUT2D eigenvalue weighted by Gasteiger charge is -2.12. The normalized spacial score (nSPS) is 10.2. The van der Waals surface area contributed by atoms with Crippen LogP contribution in [-0.2, 0) is 0 Å². The number of ether oxygens (including phenoxy) is 1. The molecular formula is C15H18ClN3O. The van der Waals surface area contributed by atoms with Crippen LogP contribution in [0.5, 0.6) is 5.75 Å². The van der Waals surface area contributed by atoms with Gasteiger partial charge >= 0.3 is 0 Å². The summed E-state index contributed by atoms with van der Waals surface area (Å²) in [5, 5.41) is 7.22. The van der Waals surface area contributed by atoms with Crippen LogP contribution in [0.25, 0.3) is 0 Å². The first kappa shape index (κ1) is 14.5. The number of pyridine rings is 1. The molecule has 2 rings (SSSR count). The van der Waals surface area contributed by atoms with Crippen LogP contribution in [0.2, 0.25) is 5.02 Å². The van der Waals surface area contributed by atoms with Gasteiger partial charge in [-0.25, -0.2) is 0 Å². The van der Waals surface area contributed by atoms with E-state index < -0.39 is 0 Å². The van der Waals surface area contributed by atoms with Gasteiger partial charge in [-0.15, -0.1) is 0 Å². The van der Waals surface area contributed by atoms with E-state index in [2.05, 4.69) is 22.5 Å². The lowest BCUT2D eigenvalue weighted by atomic mass is 10.2. The number of anilines is 3. The summed E-state index contributed by atoms with van der Waals surface area (Å²) in [6, 6.07) is 7.45. The average molecular weight is 292 g/mol. The predicted octanol–water partition coefficient (Wildman–Crippen LogP) is 4.31. The van der Waals surface area contributed by atoms with Gasteiger partial charge in [-0.05, 0) is 30.7 Å². The van der Waals surface area contributed by atoms with Gasteiger partial charge < -0.3 is 15.4 Å². The molecule has 106 valence electrons. The van der Waals surface area contributed by atoms with E-state index in [0.29, 0.717) is 5.02 Å². The maximum absolute atomic E-state index is 6.02. The van der Waals surface area contributed by atoms with E-state index in [-0.39, 0.29) is 0 Å². The molecular weight excluding hydrogens is 274 g/mol. The second-order valence-electron chi connectivity index (χ2n) is 4.36. The topological polar surface area (TPSA) is 46.2 Å². The van der Waals surface area contributed by atoms with E-state index in [4.69, 9.17) is 16.3 Å². The summed E-state index contributed by atoms with van der Waals surface area (Å²) in [5.41, 5.74) is 2.68. The molecule has 0 amide bonds. The van der Waals surface area contributed by atoms with Crippen LogP contribution in [0, 0.1) is 0 Å². The van der Waals surface area contributed by atoms with Gasteiger partial charge in [0.2, 0.25) is 0 Å². The van der Waals surface area contributed by atoms with Gasteiger partial charge in [0.05, 0.1) is 36.6 Å². The summed E-state index contributed by atoms with van der Waals surface area (Å²) < 4.78 is 5.31. The van der Waals surface area contributed by atoms with Crippen LogP contribution in [0.15, 0.2) is 36.7 Å². The van der Waals surface area contributed by atoms with Gasteiger partial charge in [-0.2, -0.15) is 0 Å². The highest BCUT2D eigenvalue weighted by Gasteiger charge is 2.05. The smallest absolute Gasteiger partial charge is 0.142 e. The highest BCUT2D eigenvalue weighted by molar-refractivity contribution is 6.31. The first-order valence-electron chi connectivity index (χ1n) is 6.52. The molecule has 0 aliphatic carbocycles. The van der Waals surface area contributed by atoms with E-state index in [1.807, 2.05) is 18.2 Å². The highest BCUT2D eigenvalue weighted by atomic mass is 35.5. The van der Waals surface area contributed by atoms with E-state index in [1.165, 1.54) is 0 Å². The first-order valence-corrected chi connectivity index (χ1v) is 6.90. The number of halogens is 1. The molecule has 1 heterocycles. The van der Waals surface area contributed by atoms with E-state index in [1.54, 1.807) is 25.6 Å². The minimum Gasteiger partial charge on any atom is -0.495 e. The lowest BCUT2D eigenvalue weighted by molar-refractivity contribution is 0.417. The third kappa shape index (κ3) is 3.78. The maximum atomic E-state index is 6.02. The van der Waals surface area contributed by atoms with E-state index in [0.717, 1.165) is 35.8 Å². The Bertz CT molecular complexity index is 575. The zero-order valence-electron chi connectivity index (χ0n) is 11.6. The highest BCUT2D eigenvalue weighted by Crippen LogP contribution is 2.30. The summed E-state index contributed by atoms with van der Waals surface area (Å²) in [6.45, 7) is 3.05. The summed E-state index contributed by atoms with van der Waals surface area (Å²) >= 11 is 6.02. The number of aromatic nitrogens is 1. The van der Waals surface area contributed by atoms with Gasteiger partial charge in [0.15, 0.2) is 0 Å². The van der Waals surface area contributed by atoms with Gasteiger partial charge in [0.1, 0.15) is 5.75 Å². The van der Waals surface area contributed by atoms with Gasteiger partial charge in [-0.1, -0.05) is 18.5 Å². The van der Waals surface area contributed by atoms with Crippen molar-refractivity contribution in [2.45, 2.75) is 13.3 Å². The maximum Gasteiger partial charge on any atom is 0.142 e. The van der Waals surface area contributed by atoms with Crippen molar-refractivity contribution < 1.29 is 4.74 Å². The molecule has 0 spiro atoms. The zero-order chi connectivity index (χ0) is 14.4. The van der Waals surface area contributed by atoms with Crippen LogP contribution in [0.1, 0.15) is 13.3 Å². The summed E-state index contributed by atoms with van der Waals surface area (Å²) in [5.74, 6) is 0.737. The standard InChI is InChI=1S/C15H18ClN3O/c1-3-6-18-12-8-13(10-17-9-12)19-14-7-11(16)4-5-15(14)20-2/h4-5,7-10,18-19H,3,6H2,1-2H3. The number of benzene rings is 1. The molecule has 0 fully saturated rings. The minimum atomic E-state index is 0.654. The summed E-state index contributed by atoms with van der Waals surface area (Å²) in [4.78, 5) is 4.21. The Morgan fingerprint density at radius 2 is 2.00 bits per heavy atom. The molecule has 20 heavy (non-hydrogen) atoms. The fourth-order valence-electron chi connectivity index (χ4n) is 1.81. The van der Waals surface area contributed by atoms with E-state index in [9.17, 15) is 0 Å². The molecule has 1 aromatic carbocycles. The van der Waals surface area contributed by atoms with Gasteiger partial charge in [0.25, 0.3) is 0 Å². The largest absolute Gasteiger partial charge is 0.495 e. The van der Waals surface area contributed by atoms with Crippen LogP contribution < -0.4 is 15.4 Å². The van der Waals surface area contributed by atoms with Crippen LogP contribution in [0.4, 0.5) is 17.1 Å². The Kier molecular flexibility index (Phi) is 5.07. The molecule has 0 saturated heterocycles. The Morgan fingerprint density at radius 1 is 1.20 bits per heavy atom. The van der Waals surface area contributed by atoms with Crippen molar-refractivity contribution in [3.05, 3.63) is 41.7 Å². The molecule has 0 atom stereocenters. The Morgan fingerprint density at radius 3 is 2.75 bits per heavy atom. The SMILES string of the molecule is CCCNc1cncc(Nc2cc(Cl)ccc2OC)c1. The lowest BCUT2D eigenvalue weighted by Crippen LogP contribution is -2.01. The van der Waals surface area contributed by atoms with Crippen molar-refractivity contribution in [2.24, 2.45) is 0 Å². The molecule has 2 aromatic rings. The van der Waals surface area contributed by atoms with Crippen molar-refractivity contribution in [3.63, 3.8) is 0 Å². The molecule has 0 radical (unpaired) electrons. The molecule has 4 nitrogen and oxygen atoms in total. The number of nitrogens with one attached hydrogen (secondary N) is 2. The fraction of sp³-hybridized carbons (Fsp3) is 0.267. The Balaban J connectivity index is 2.19. The predicted molar refractivity (Wildman–Crippen MR) is 84.3 cm³/mol. The van der Waals surface area contributed by atoms with Crippen molar-refractivity contribution in [3.8, 4) is 5.75 Å². The number of hydrogen-bond donors (Lipinski definition) is 2. The zero-order valence-corrected chi connectivity index (χ0v) is 12.4. The van der Waals surface area contributed by atoms with Crippen molar-refractivity contribution in [1.29, 1.82) is 0 Å². The van der Waals surface area contributed by atoms with Crippen LogP contribution in [0.3, 0.4) is 0 Å². The fourth-order valence-corrected chi connectivity index (χ4v) is 1.98. The number of nitrogens with zero attached hydrogens (tertiary/aromatic N) is 1. The molecule has 0 aliphatic heterocycles. The van der Waals surface area contributed by atoms with E-state index >= 15 is 0 Å². The monoisotopic (exact) mass is 291 g/mol. The third-order valence-corrected chi connectivity index (χ3v) is 2.99. The quantitative estimate of drug-likeness (QED) is 0.832. The van der Waals surface area contributed by atoms with Crippen LogP contribution >= 0.6 is 11.6 Å². The van der Waals surface area contributed by atoms with Gasteiger partial charge in [0, 0.05) is 11.6 Å². The molecule has 2 N–H and O–H groups in total. The molecule has 0 bridgehead atoms. The molecule has 5 heteroatoms. The van der Waals surface area contributed by atoms with Gasteiger partial charge in [-0.3, -0.25) is 4.98 Å². The molecule has 0 unspecified atom stereocenters. The Labute approximate surface area is 124 Å². The average Bonchev–Trinajstić information content (AvgIpc) is 2.46.